The Hall–Kier alpha value is -3.10. The van der Waals surface area contributed by atoms with Crippen LogP contribution in [0.3, 0.4) is 0 Å². The summed E-state index contributed by atoms with van der Waals surface area (Å²) in [6.07, 6.45) is -1.06. The van der Waals surface area contributed by atoms with Gasteiger partial charge >= 0.3 is 0 Å². The average Bonchev–Trinajstić information content (AvgIpc) is 3.08. The van der Waals surface area contributed by atoms with Crippen molar-refractivity contribution in [3.05, 3.63) is 30.5 Å². The minimum Gasteiger partial charge on any atom is -0.484 e. The molecule has 3 heterocycles. The van der Waals surface area contributed by atoms with Crippen LogP contribution in [0.4, 0.5) is 31.9 Å². The lowest BCUT2D eigenvalue weighted by atomic mass is 10.1. The van der Waals surface area contributed by atoms with Gasteiger partial charge in [-0.15, -0.1) is 0 Å². The van der Waals surface area contributed by atoms with Crippen LogP contribution in [0.25, 0.3) is 11.1 Å². The number of aromatic nitrogens is 2. The molecule has 1 aliphatic heterocycles. The van der Waals surface area contributed by atoms with Gasteiger partial charge in [0.2, 0.25) is 5.95 Å². The molecule has 1 aliphatic rings. The number of benzene rings is 1. The molecule has 0 saturated carbocycles. The Morgan fingerprint density at radius 3 is 2.93 bits per heavy atom. The van der Waals surface area contributed by atoms with E-state index in [2.05, 4.69) is 25.9 Å². The highest BCUT2D eigenvalue weighted by molar-refractivity contribution is 5.85. The summed E-state index contributed by atoms with van der Waals surface area (Å²) < 4.78 is 36.3. The molecule has 0 saturated heterocycles. The van der Waals surface area contributed by atoms with Crippen molar-refractivity contribution < 1.29 is 17.9 Å². The molecule has 3 aromatic rings. The van der Waals surface area contributed by atoms with Crippen LogP contribution < -0.4 is 20.7 Å². The van der Waals surface area contributed by atoms with Crippen LogP contribution >= 0.6 is 0 Å². The van der Waals surface area contributed by atoms with Gasteiger partial charge in [0, 0.05) is 11.8 Å². The largest absolute Gasteiger partial charge is 0.484 e. The molecule has 142 valence electrons. The maximum atomic E-state index is 12.5. The van der Waals surface area contributed by atoms with E-state index in [9.17, 15) is 8.78 Å². The highest BCUT2D eigenvalue weighted by Crippen LogP contribution is 2.35. The molecule has 27 heavy (non-hydrogen) atoms. The van der Waals surface area contributed by atoms with E-state index in [4.69, 9.17) is 9.15 Å². The molecule has 0 aliphatic carbocycles. The van der Waals surface area contributed by atoms with Crippen molar-refractivity contribution >= 4 is 34.2 Å². The SMILES string of the molecule is CC1(C)CNc2cc(Nc3nc(NCC(F)F)c4occc4n3)ccc2O1. The number of anilines is 4. The molecule has 1 aromatic carbocycles. The lowest BCUT2D eigenvalue weighted by Gasteiger charge is -2.33. The van der Waals surface area contributed by atoms with Crippen LogP contribution in [0.5, 0.6) is 5.75 Å². The van der Waals surface area contributed by atoms with E-state index in [1.54, 1.807) is 6.07 Å². The van der Waals surface area contributed by atoms with Crippen molar-refractivity contribution in [1.29, 1.82) is 0 Å². The van der Waals surface area contributed by atoms with Crippen LogP contribution in [0, 0.1) is 0 Å². The Morgan fingerprint density at radius 2 is 2.11 bits per heavy atom. The Labute approximate surface area is 154 Å². The lowest BCUT2D eigenvalue weighted by Crippen LogP contribution is -2.39. The third-order valence-corrected chi connectivity index (χ3v) is 4.05. The number of rotatable bonds is 5. The van der Waals surface area contributed by atoms with Crippen molar-refractivity contribution in [2.45, 2.75) is 25.9 Å². The van der Waals surface area contributed by atoms with Gasteiger partial charge in [-0.1, -0.05) is 0 Å². The molecule has 4 rings (SSSR count). The second-order valence-electron chi connectivity index (χ2n) is 6.85. The Bertz CT molecular complexity index is 974. The minimum atomic E-state index is -2.50. The van der Waals surface area contributed by atoms with E-state index in [0.29, 0.717) is 17.6 Å². The Balaban J connectivity index is 1.60. The maximum Gasteiger partial charge on any atom is 0.255 e. The van der Waals surface area contributed by atoms with E-state index in [1.807, 2.05) is 32.0 Å². The number of hydrogen-bond acceptors (Lipinski definition) is 7. The van der Waals surface area contributed by atoms with E-state index in [-0.39, 0.29) is 17.4 Å². The van der Waals surface area contributed by atoms with Crippen LogP contribution in [0.2, 0.25) is 0 Å². The van der Waals surface area contributed by atoms with Gasteiger partial charge in [-0.25, -0.2) is 13.8 Å². The fourth-order valence-electron chi connectivity index (χ4n) is 2.82. The number of ether oxygens (including phenoxy) is 1. The Morgan fingerprint density at radius 1 is 1.26 bits per heavy atom. The second-order valence-corrected chi connectivity index (χ2v) is 6.85. The van der Waals surface area contributed by atoms with Crippen LogP contribution in [0.15, 0.2) is 34.9 Å². The summed E-state index contributed by atoms with van der Waals surface area (Å²) in [6, 6.07) is 7.24. The molecule has 0 bridgehead atoms. The number of fused-ring (bicyclic) bond motifs is 2. The second kappa shape index (κ2) is 6.57. The number of furan rings is 1. The summed E-state index contributed by atoms with van der Waals surface area (Å²) >= 11 is 0. The molecular weight excluding hydrogens is 356 g/mol. The number of nitrogens with zero attached hydrogens (tertiary/aromatic N) is 2. The molecule has 0 spiro atoms. The van der Waals surface area contributed by atoms with Crippen molar-refractivity contribution in [1.82, 2.24) is 9.97 Å². The summed E-state index contributed by atoms with van der Waals surface area (Å²) in [6.45, 7) is 4.18. The van der Waals surface area contributed by atoms with Gasteiger partial charge < -0.3 is 25.1 Å². The zero-order valence-electron chi connectivity index (χ0n) is 14.8. The fraction of sp³-hybridized carbons (Fsp3) is 0.333. The number of hydrogen-bond donors (Lipinski definition) is 3. The first-order chi connectivity index (χ1) is 12.9. The highest BCUT2D eigenvalue weighted by atomic mass is 19.3. The summed E-state index contributed by atoms with van der Waals surface area (Å²) in [5, 5.41) is 9.02. The topological polar surface area (TPSA) is 84.2 Å². The van der Waals surface area contributed by atoms with Gasteiger partial charge in [0.15, 0.2) is 11.4 Å². The van der Waals surface area contributed by atoms with E-state index >= 15 is 0 Å². The zero-order valence-corrected chi connectivity index (χ0v) is 14.8. The molecule has 0 atom stereocenters. The van der Waals surface area contributed by atoms with Crippen LogP contribution in [-0.4, -0.2) is 35.1 Å². The highest BCUT2D eigenvalue weighted by Gasteiger charge is 2.26. The zero-order chi connectivity index (χ0) is 19.0. The summed E-state index contributed by atoms with van der Waals surface area (Å²) in [4.78, 5) is 8.62. The van der Waals surface area contributed by atoms with Crippen molar-refractivity contribution in [3.63, 3.8) is 0 Å². The predicted molar refractivity (Wildman–Crippen MR) is 99.2 cm³/mol. The molecule has 0 unspecified atom stereocenters. The van der Waals surface area contributed by atoms with Gasteiger partial charge in [-0.05, 0) is 32.0 Å². The van der Waals surface area contributed by atoms with Crippen molar-refractivity contribution in [2.24, 2.45) is 0 Å². The summed E-state index contributed by atoms with van der Waals surface area (Å²) in [5.41, 5.74) is 2.18. The minimum absolute atomic E-state index is 0.217. The molecular formula is C18H19F2N5O2. The molecule has 0 radical (unpaired) electrons. The first-order valence-electron chi connectivity index (χ1n) is 8.51. The summed E-state index contributed by atoms with van der Waals surface area (Å²) in [5.74, 6) is 1.26. The standard InChI is InChI=1S/C18H19F2N5O2/c1-18(2)9-22-12-7-10(3-4-13(12)27-18)23-17-24-11-5-6-26-15(11)16(25-17)21-8-14(19)20/h3-7,14,22H,8-9H2,1-2H3,(H2,21,23,24,25). The molecule has 9 heteroatoms. The quantitative estimate of drug-likeness (QED) is 0.615. The lowest BCUT2D eigenvalue weighted by molar-refractivity contribution is 0.116. The number of nitrogens with one attached hydrogen (secondary N) is 3. The number of halogens is 2. The molecule has 2 aromatic heterocycles. The summed E-state index contributed by atoms with van der Waals surface area (Å²) in [7, 11) is 0. The van der Waals surface area contributed by atoms with Gasteiger partial charge in [-0.3, -0.25) is 0 Å². The number of alkyl halides is 2. The van der Waals surface area contributed by atoms with E-state index < -0.39 is 13.0 Å². The van der Waals surface area contributed by atoms with Crippen molar-refractivity contribution in [2.75, 3.05) is 29.0 Å². The smallest absolute Gasteiger partial charge is 0.255 e. The molecule has 0 fully saturated rings. The first-order valence-corrected chi connectivity index (χ1v) is 8.51. The van der Waals surface area contributed by atoms with E-state index in [1.165, 1.54) is 6.26 Å². The third kappa shape index (κ3) is 3.71. The van der Waals surface area contributed by atoms with E-state index in [0.717, 1.165) is 17.1 Å². The van der Waals surface area contributed by atoms with Gasteiger partial charge in [0.1, 0.15) is 16.9 Å². The molecule has 0 amide bonds. The van der Waals surface area contributed by atoms with Gasteiger partial charge in [0.25, 0.3) is 6.43 Å². The van der Waals surface area contributed by atoms with Crippen LogP contribution in [-0.2, 0) is 0 Å². The monoisotopic (exact) mass is 375 g/mol. The normalized spacial score (nSPS) is 15.1. The first kappa shape index (κ1) is 17.3. The predicted octanol–water partition coefficient (Wildman–Crippen LogP) is 4.23. The van der Waals surface area contributed by atoms with Crippen molar-refractivity contribution in [3.8, 4) is 5.75 Å². The fourth-order valence-corrected chi connectivity index (χ4v) is 2.82. The molecule has 3 N–H and O–H groups in total. The third-order valence-electron chi connectivity index (χ3n) is 4.05. The average molecular weight is 375 g/mol. The van der Waals surface area contributed by atoms with Crippen LogP contribution in [0.1, 0.15) is 13.8 Å². The van der Waals surface area contributed by atoms with Gasteiger partial charge in [-0.2, -0.15) is 4.98 Å². The molecule has 7 nitrogen and oxygen atoms in total. The van der Waals surface area contributed by atoms with Gasteiger partial charge in [0.05, 0.1) is 25.0 Å². The maximum absolute atomic E-state index is 12.5. The Kier molecular flexibility index (Phi) is 4.21.